The van der Waals surface area contributed by atoms with E-state index in [0.717, 1.165) is 22.1 Å². The smallest absolute Gasteiger partial charge is 0.308 e. The zero-order chi connectivity index (χ0) is 15.2. The van der Waals surface area contributed by atoms with Gasteiger partial charge in [-0.05, 0) is 49.4 Å². The van der Waals surface area contributed by atoms with Gasteiger partial charge in [-0.15, -0.1) is 0 Å². The summed E-state index contributed by atoms with van der Waals surface area (Å²) in [5, 5.41) is 2.96. The van der Waals surface area contributed by atoms with Gasteiger partial charge in [0.25, 0.3) is 0 Å². The Bertz CT molecular complexity index is 616. The average Bonchev–Trinajstić information content (AvgIpc) is 3.08. The highest BCUT2D eigenvalue weighted by Gasteiger charge is 2.64. The van der Waals surface area contributed by atoms with Crippen LogP contribution < -0.4 is 5.32 Å². The Hall–Kier alpha value is -1.36. The zero-order valence-corrected chi connectivity index (χ0v) is 13.7. The van der Waals surface area contributed by atoms with Crippen LogP contribution in [0, 0.1) is 11.8 Å². The van der Waals surface area contributed by atoms with Crippen LogP contribution in [0.15, 0.2) is 22.7 Å². The Morgan fingerprint density at radius 1 is 1.57 bits per heavy atom. The summed E-state index contributed by atoms with van der Waals surface area (Å²) in [6.07, 6.45) is 1.50. The number of hydrogen-bond acceptors (Lipinski definition) is 3. The molecule has 112 valence electrons. The predicted molar refractivity (Wildman–Crippen MR) is 83.0 cm³/mol. The molecule has 0 bridgehead atoms. The molecule has 2 aliphatic rings. The molecule has 1 spiro atoms. The van der Waals surface area contributed by atoms with Gasteiger partial charge in [0.15, 0.2) is 0 Å². The van der Waals surface area contributed by atoms with E-state index in [2.05, 4.69) is 21.2 Å². The minimum Gasteiger partial charge on any atom is -0.466 e. The largest absolute Gasteiger partial charge is 0.466 e. The highest BCUT2D eigenvalue weighted by Crippen LogP contribution is 2.62. The first-order valence-corrected chi connectivity index (χ1v) is 8.06. The fourth-order valence-corrected chi connectivity index (χ4v) is 3.74. The van der Waals surface area contributed by atoms with Crippen molar-refractivity contribution in [3.05, 3.63) is 28.2 Å². The first-order chi connectivity index (χ1) is 9.99. The Morgan fingerprint density at radius 2 is 2.33 bits per heavy atom. The summed E-state index contributed by atoms with van der Waals surface area (Å²) in [5.41, 5.74) is 1.53. The van der Waals surface area contributed by atoms with Crippen LogP contribution in [0.5, 0.6) is 0 Å². The second-order valence-corrected chi connectivity index (χ2v) is 6.82. The van der Waals surface area contributed by atoms with Crippen molar-refractivity contribution in [3.63, 3.8) is 0 Å². The van der Waals surface area contributed by atoms with Gasteiger partial charge in [0.1, 0.15) is 0 Å². The molecular weight excluding hydrogens is 334 g/mol. The fourth-order valence-electron chi connectivity index (χ4n) is 3.38. The normalized spacial score (nSPS) is 27.2. The summed E-state index contributed by atoms with van der Waals surface area (Å²) >= 11 is 3.47. The quantitative estimate of drug-likeness (QED) is 0.847. The maximum absolute atomic E-state index is 12.4. The van der Waals surface area contributed by atoms with Gasteiger partial charge < -0.3 is 10.1 Å². The van der Waals surface area contributed by atoms with Crippen LogP contribution >= 0.6 is 15.9 Å². The molecule has 3 unspecified atom stereocenters. The maximum Gasteiger partial charge on any atom is 0.308 e. The van der Waals surface area contributed by atoms with Gasteiger partial charge in [0.2, 0.25) is 5.91 Å². The standard InChI is InChI=1S/C16H18BrNO3/c1-3-21-14(19)9(2)6-10-8-16(10)12-7-11(17)4-5-13(12)18-15(16)20/h4-5,7,9-10H,3,6,8H2,1-2H3,(H,18,20). The molecular formula is C16H18BrNO3. The molecule has 3 rings (SSSR count). The lowest BCUT2D eigenvalue weighted by Gasteiger charge is -2.13. The van der Waals surface area contributed by atoms with Gasteiger partial charge in [0, 0.05) is 10.2 Å². The van der Waals surface area contributed by atoms with Gasteiger partial charge in [0.05, 0.1) is 17.9 Å². The number of ether oxygens (including phenoxy) is 1. The Kier molecular flexibility index (Phi) is 3.56. The van der Waals surface area contributed by atoms with Crippen LogP contribution in [0.1, 0.15) is 32.3 Å². The summed E-state index contributed by atoms with van der Waals surface area (Å²) in [6, 6.07) is 5.87. The third-order valence-electron chi connectivity index (χ3n) is 4.55. The summed E-state index contributed by atoms with van der Waals surface area (Å²) in [6.45, 7) is 4.08. The first-order valence-electron chi connectivity index (χ1n) is 7.27. The van der Waals surface area contributed by atoms with Crippen molar-refractivity contribution in [2.75, 3.05) is 11.9 Å². The first kappa shape index (κ1) is 14.6. The number of halogens is 1. The lowest BCUT2D eigenvalue weighted by Crippen LogP contribution is -2.23. The van der Waals surface area contributed by atoms with Crippen molar-refractivity contribution in [2.24, 2.45) is 11.8 Å². The van der Waals surface area contributed by atoms with E-state index in [9.17, 15) is 9.59 Å². The fraction of sp³-hybridized carbons (Fsp3) is 0.500. The maximum atomic E-state index is 12.4. The highest BCUT2D eigenvalue weighted by atomic mass is 79.9. The molecule has 1 aromatic carbocycles. The number of rotatable bonds is 4. The van der Waals surface area contributed by atoms with Crippen molar-refractivity contribution >= 4 is 33.5 Å². The molecule has 4 nitrogen and oxygen atoms in total. The Labute approximate surface area is 132 Å². The van der Waals surface area contributed by atoms with Crippen LogP contribution in [0.3, 0.4) is 0 Å². The average molecular weight is 352 g/mol. The lowest BCUT2D eigenvalue weighted by atomic mass is 9.91. The van der Waals surface area contributed by atoms with E-state index in [1.54, 1.807) is 6.92 Å². The molecule has 1 amide bonds. The van der Waals surface area contributed by atoms with E-state index in [1.165, 1.54) is 0 Å². The van der Waals surface area contributed by atoms with E-state index >= 15 is 0 Å². The molecule has 1 aromatic rings. The van der Waals surface area contributed by atoms with E-state index < -0.39 is 5.41 Å². The van der Waals surface area contributed by atoms with Crippen LogP contribution in [0.4, 0.5) is 5.69 Å². The number of fused-ring (bicyclic) bond motifs is 2. The molecule has 1 N–H and O–H groups in total. The van der Waals surface area contributed by atoms with Gasteiger partial charge in [-0.1, -0.05) is 22.9 Å². The molecule has 1 aliphatic heterocycles. The zero-order valence-electron chi connectivity index (χ0n) is 12.1. The molecule has 5 heteroatoms. The molecule has 0 radical (unpaired) electrons. The van der Waals surface area contributed by atoms with E-state index in [-0.39, 0.29) is 23.7 Å². The van der Waals surface area contributed by atoms with Gasteiger partial charge in [-0.3, -0.25) is 9.59 Å². The molecule has 1 saturated carbocycles. The Morgan fingerprint density at radius 3 is 3.05 bits per heavy atom. The molecule has 0 aromatic heterocycles. The van der Waals surface area contributed by atoms with Crippen molar-refractivity contribution in [1.82, 2.24) is 0 Å². The van der Waals surface area contributed by atoms with Gasteiger partial charge in [-0.2, -0.15) is 0 Å². The van der Waals surface area contributed by atoms with Crippen LogP contribution in [0.25, 0.3) is 0 Å². The molecule has 21 heavy (non-hydrogen) atoms. The Balaban J connectivity index is 1.78. The molecule has 3 atom stereocenters. The summed E-state index contributed by atoms with van der Waals surface area (Å²) in [5.74, 6) is -0.0603. The lowest BCUT2D eigenvalue weighted by molar-refractivity contribution is -0.147. The van der Waals surface area contributed by atoms with E-state index in [1.807, 2.05) is 25.1 Å². The number of benzene rings is 1. The van der Waals surface area contributed by atoms with Crippen molar-refractivity contribution in [1.29, 1.82) is 0 Å². The summed E-state index contributed by atoms with van der Waals surface area (Å²) < 4.78 is 6.03. The predicted octanol–water partition coefficient (Wildman–Crippen LogP) is 3.25. The second-order valence-electron chi connectivity index (χ2n) is 5.91. The summed E-state index contributed by atoms with van der Waals surface area (Å²) in [7, 11) is 0. The number of nitrogens with one attached hydrogen (secondary N) is 1. The van der Waals surface area contributed by atoms with Crippen molar-refractivity contribution < 1.29 is 14.3 Å². The molecule has 1 heterocycles. The number of esters is 1. The molecule has 0 saturated heterocycles. The number of amides is 1. The molecule has 1 aliphatic carbocycles. The third kappa shape index (κ3) is 2.27. The van der Waals surface area contributed by atoms with Gasteiger partial charge in [-0.25, -0.2) is 0 Å². The molecule has 1 fully saturated rings. The highest BCUT2D eigenvalue weighted by molar-refractivity contribution is 9.10. The SMILES string of the molecule is CCOC(=O)C(C)CC1CC12C(=O)Nc1ccc(Br)cc12. The number of hydrogen-bond donors (Lipinski definition) is 1. The number of carbonyl (C=O) groups excluding carboxylic acids is 2. The number of carbonyl (C=O) groups is 2. The van der Waals surface area contributed by atoms with E-state index in [0.29, 0.717) is 13.0 Å². The third-order valence-corrected chi connectivity index (χ3v) is 5.04. The van der Waals surface area contributed by atoms with Gasteiger partial charge >= 0.3 is 5.97 Å². The summed E-state index contributed by atoms with van der Waals surface area (Å²) in [4.78, 5) is 24.1. The second kappa shape index (κ2) is 5.13. The van der Waals surface area contributed by atoms with Crippen LogP contribution in [-0.4, -0.2) is 18.5 Å². The number of anilines is 1. The minimum atomic E-state index is -0.431. The van der Waals surface area contributed by atoms with E-state index in [4.69, 9.17) is 4.74 Å². The van der Waals surface area contributed by atoms with Crippen molar-refractivity contribution in [3.8, 4) is 0 Å². The minimum absolute atomic E-state index is 0.0664. The van der Waals surface area contributed by atoms with Crippen LogP contribution in [0.2, 0.25) is 0 Å². The van der Waals surface area contributed by atoms with Crippen molar-refractivity contribution in [2.45, 2.75) is 32.1 Å². The van der Waals surface area contributed by atoms with Crippen LogP contribution in [-0.2, 0) is 19.7 Å². The topological polar surface area (TPSA) is 55.4 Å². The monoisotopic (exact) mass is 351 g/mol.